The van der Waals surface area contributed by atoms with E-state index in [-0.39, 0.29) is 18.6 Å². The van der Waals surface area contributed by atoms with E-state index in [2.05, 4.69) is 9.88 Å². The summed E-state index contributed by atoms with van der Waals surface area (Å²) in [5.74, 6) is -0.00456. The predicted molar refractivity (Wildman–Crippen MR) is 84.4 cm³/mol. The van der Waals surface area contributed by atoms with Gasteiger partial charge in [-0.05, 0) is 6.07 Å². The molecule has 0 saturated carbocycles. The van der Waals surface area contributed by atoms with Crippen molar-refractivity contribution in [1.82, 2.24) is 9.88 Å². The molecule has 0 radical (unpaired) electrons. The Balaban J connectivity index is 1.87. The molecule has 7 nitrogen and oxygen atoms in total. The third kappa shape index (κ3) is 3.63. The fourth-order valence-electron chi connectivity index (χ4n) is 3.08. The summed E-state index contributed by atoms with van der Waals surface area (Å²) in [6.45, 7) is 4.81. The third-order valence-electron chi connectivity index (χ3n) is 4.27. The summed E-state index contributed by atoms with van der Waals surface area (Å²) < 4.78 is 16.1. The van der Waals surface area contributed by atoms with Crippen LogP contribution in [0, 0.1) is 0 Å². The van der Waals surface area contributed by atoms with Gasteiger partial charge in [-0.15, -0.1) is 0 Å². The van der Waals surface area contributed by atoms with E-state index in [1.807, 2.05) is 17.2 Å². The number of ether oxygens (including phenoxy) is 3. The second-order valence-electron chi connectivity index (χ2n) is 5.64. The van der Waals surface area contributed by atoms with Gasteiger partial charge in [-0.25, -0.2) is 0 Å². The zero-order valence-electron chi connectivity index (χ0n) is 13.4. The van der Waals surface area contributed by atoms with Gasteiger partial charge in [0.05, 0.1) is 32.5 Å². The lowest BCUT2D eigenvalue weighted by molar-refractivity contribution is -0.149. The second kappa shape index (κ2) is 7.72. The molecule has 0 aliphatic carbocycles. The Morgan fingerprint density at radius 2 is 2.17 bits per heavy atom. The van der Waals surface area contributed by atoms with Crippen molar-refractivity contribution in [3.05, 3.63) is 24.0 Å². The molecule has 1 unspecified atom stereocenters. The van der Waals surface area contributed by atoms with E-state index < -0.39 is 0 Å². The molecule has 2 saturated heterocycles. The van der Waals surface area contributed by atoms with Gasteiger partial charge in [0.15, 0.2) is 0 Å². The van der Waals surface area contributed by atoms with Crippen LogP contribution in [-0.4, -0.2) is 75.6 Å². The number of methoxy groups -OCH3 is 1. The Bertz CT molecular complexity index is 534. The highest BCUT2D eigenvalue weighted by molar-refractivity contribution is 5.79. The molecular weight excluding hydrogens is 298 g/mol. The molecule has 2 aliphatic rings. The van der Waals surface area contributed by atoms with E-state index in [9.17, 15) is 4.79 Å². The molecule has 0 N–H and O–H groups in total. The summed E-state index contributed by atoms with van der Waals surface area (Å²) in [6, 6.07) is 1.88. The molecule has 0 spiro atoms. The topological polar surface area (TPSA) is 64.1 Å². The first-order chi connectivity index (χ1) is 11.3. The van der Waals surface area contributed by atoms with Crippen LogP contribution >= 0.6 is 0 Å². The molecule has 1 aromatic rings. The van der Waals surface area contributed by atoms with Crippen molar-refractivity contribution >= 4 is 11.6 Å². The van der Waals surface area contributed by atoms with Gasteiger partial charge in [0.1, 0.15) is 6.61 Å². The molecule has 23 heavy (non-hydrogen) atoms. The maximum Gasteiger partial charge on any atom is 0.249 e. The average molecular weight is 321 g/mol. The summed E-state index contributed by atoms with van der Waals surface area (Å²) in [5, 5.41) is 0. The van der Waals surface area contributed by atoms with E-state index >= 15 is 0 Å². The highest BCUT2D eigenvalue weighted by Crippen LogP contribution is 2.32. The lowest BCUT2D eigenvalue weighted by Gasteiger charge is -2.38. The van der Waals surface area contributed by atoms with Crippen LogP contribution in [0.15, 0.2) is 18.5 Å². The summed E-state index contributed by atoms with van der Waals surface area (Å²) in [7, 11) is 1.64. The van der Waals surface area contributed by atoms with Crippen LogP contribution in [0.2, 0.25) is 0 Å². The zero-order chi connectivity index (χ0) is 16.1. The number of nitrogens with zero attached hydrogens (tertiary/aromatic N) is 3. The molecule has 2 aliphatic heterocycles. The number of amides is 1. The fourth-order valence-corrected chi connectivity index (χ4v) is 3.08. The molecule has 1 amide bonds. The highest BCUT2D eigenvalue weighted by Gasteiger charge is 2.32. The lowest BCUT2D eigenvalue weighted by atomic mass is 10.0. The number of hydrogen-bond acceptors (Lipinski definition) is 6. The van der Waals surface area contributed by atoms with Crippen LogP contribution in [0.1, 0.15) is 11.6 Å². The Hall–Kier alpha value is -1.70. The summed E-state index contributed by atoms with van der Waals surface area (Å²) in [6.07, 6.45) is 3.64. The molecule has 7 heteroatoms. The molecule has 1 aromatic heterocycles. The molecular formula is C16H23N3O4. The van der Waals surface area contributed by atoms with Crippen LogP contribution in [-0.2, 0) is 19.0 Å². The molecule has 0 bridgehead atoms. The number of rotatable bonds is 5. The van der Waals surface area contributed by atoms with Gasteiger partial charge in [0.2, 0.25) is 5.91 Å². The van der Waals surface area contributed by atoms with Crippen molar-refractivity contribution in [3.63, 3.8) is 0 Å². The second-order valence-corrected chi connectivity index (χ2v) is 5.64. The Labute approximate surface area is 136 Å². The van der Waals surface area contributed by atoms with Crippen molar-refractivity contribution in [2.45, 2.75) is 6.04 Å². The van der Waals surface area contributed by atoms with Gasteiger partial charge in [0.25, 0.3) is 0 Å². The van der Waals surface area contributed by atoms with E-state index in [4.69, 9.17) is 14.2 Å². The number of aromatic nitrogens is 1. The van der Waals surface area contributed by atoms with Crippen LogP contribution in [0.3, 0.4) is 0 Å². The van der Waals surface area contributed by atoms with Gasteiger partial charge in [0, 0.05) is 50.4 Å². The fraction of sp³-hybridized carbons (Fsp3) is 0.625. The van der Waals surface area contributed by atoms with Gasteiger partial charge in [-0.1, -0.05) is 0 Å². The van der Waals surface area contributed by atoms with Crippen LogP contribution in [0.25, 0.3) is 0 Å². The minimum absolute atomic E-state index is 0.00456. The monoisotopic (exact) mass is 321 g/mol. The number of pyridine rings is 1. The van der Waals surface area contributed by atoms with Gasteiger partial charge in [-0.2, -0.15) is 0 Å². The van der Waals surface area contributed by atoms with Crippen molar-refractivity contribution in [3.8, 4) is 0 Å². The van der Waals surface area contributed by atoms with Crippen molar-refractivity contribution in [2.75, 3.05) is 64.7 Å². The number of hydrogen-bond donors (Lipinski definition) is 0. The van der Waals surface area contributed by atoms with Crippen molar-refractivity contribution in [2.24, 2.45) is 0 Å². The van der Waals surface area contributed by atoms with E-state index in [0.717, 1.165) is 37.6 Å². The number of morpholine rings is 2. The Morgan fingerprint density at radius 3 is 2.96 bits per heavy atom. The molecule has 3 rings (SSSR count). The maximum atomic E-state index is 12.3. The van der Waals surface area contributed by atoms with Crippen LogP contribution < -0.4 is 4.90 Å². The molecule has 126 valence electrons. The van der Waals surface area contributed by atoms with E-state index in [1.165, 1.54) is 0 Å². The van der Waals surface area contributed by atoms with E-state index in [0.29, 0.717) is 19.8 Å². The van der Waals surface area contributed by atoms with Crippen LogP contribution in [0.5, 0.6) is 0 Å². The Morgan fingerprint density at radius 1 is 1.35 bits per heavy atom. The normalized spacial score (nSPS) is 22.5. The number of anilines is 1. The predicted octanol–water partition coefficient (Wildman–Crippen LogP) is 0.464. The largest absolute Gasteiger partial charge is 0.383 e. The van der Waals surface area contributed by atoms with Crippen LogP contribution in [0.4, 0.5) is 5.69 Å². The van der Waals surface area contributed by atoms with Gasteiger partial charge in [-0.3, -0.25) is 9.78 Å². The first-order valence-corrected chi connectivity index (χ1v) is 7.94. The summed E-state index contributed by atoms with van der Waals surface area (Å²) >= 11 is 0. The van der Waals surface area contributed by atoms with Crippen molar-refractivity contribution in [1.29, 1.82) is 0 Å². The quantitative estimate of drug-likeness (QED) is 0.785. The maximum absolute atomic E-state index is 12.3. The van der Waals surface area contributed by atoms with E-state index in [1.54, 1.807) is 13.3 Å². The van der Waals surface area contributed by atoms with Crippen molar-refractivity contribution < 1.29 is 19.0 Å². The van der Waals surface area contributed by atoms with Gasteiger partial charge < -0.3 is 24.0 Å². The first kappa shape index (κ1) is 16.2. The number of carbonyl (C=O) groups is 1. The highest BCUT2D eigenvalue weighted by atomic mass is 16.5. The SMILES string of the molecule is COCCN1C(=O)COCC1c1cnccc1N1CCOCC1. The number of carbonyl (C=O) groups excluding carboxylic acids is 1. The summed E-state index contributed by atoms with van der Waals surface area (Å²) in [4.78, 5) is 20.7. The standard InChI is InChI=1S/C16H23N3O4/c1-21-7-6-19-15(11-23-12-16(19)20)13-10-17-3-2-14(13)18-4-8-22-9-5-18/h2-3,10,15H,4-9,11-12H2,1H3. The zero-order valence-corrected chi connectivity index (χ0v) is 13.4. The first-order valence-electron chi connectivity index (χ1n) is 7.94. The lowest BCUT2D eigenvalue weighted by Crippen LogP contribution is -2.46. The molecule has 2 fully saturated rings. The minimum atomic E-state index is -0.127. The summed E-state index contributed by atoms with van der Waals surface area (Å²) in [5.41, 5.74) is 2.13. The smallest absolute Gasteiger partial charge is 0.249 e. The minimum Gasteiger partial charge on any atom is -0.383 e. The molecule has 1 atom stereocenters. The molecule has 0 aromatic carbocycles. The Kier molecular flexibility index (Phi) is 5.43. The molecule has 3 heterocycles. The van der Waals surface area contributed by atoms with Gasteiger partial charge >= 0.3 is 0 Å². The average Bonchev–Trinajstić information content (AvgIpc) is 2.61. The third-order valence-corrected chi connectivity index (χ3v) is 4.27.